The summed E-state index contributed by atoms with van der Waals surface area (Å²) in [6.07, 6.45) is 2.61. The van der Waals surface area contributed by atoms with Crippen LogP contribution in [0.5, 0.6) is 5.75 Å². The number of nitrogens with one attached hydrogen (secondary N) is 1. The minimum absolute atomic E-state index is 0.176. The second-order valence-corrected chi connectivity index (χ2v) is 7.26. The topological polar surface area (TPSA) is 104 Å². The van der Waals surface area contributed by atoms with Crippen LogP contribution in [0.25, 0.3) is 0 Å². The molecule has 0 fully saturated rings. The summed E-state index contributed by atoms with van der Waals surface area (Å²) in [5.74, 6) is -1.84. The lowest BCUT2D eigenvalue weighted by Crippen LogP contribution is -2.26. The van der Waals surface area contributed by atoms with E-state index in [0.717, 1.165) is 12.1 Å². The third-order valence-electron chi connectivity index (χ3n) is 2.75. The third kappa shape index (κ3) is 4.39. The summed E-state index contributed by atoms with van der Waals surface area (Å²) >= 11 is 1.63. The number of hydrogen-bond acceptors (Lipinski definition) is 5. The molecule has 1 aromatic carbocycles. The molecule has 0 saturated carbocycles. The smallest absolute Gasteiger partial charge is 0.339 e. The number of sulfonamides is 1. The predicted octanol–water partition coefficient (Wildman–Crippen LogP) is 1.51. The number of rotatable bonds is 7. The zero-order valence-electron chi connectivity index (χ0n) is 11.2. The summed E-state index contributed by atoms with van der Waals surface area (Å²) in [7, 11) is -3.77. The van der Waals surface area contributed by atoms with Crippen LogP contribution in [0.4, 0.5) is 0 Å². The molecule has 0 heterocycles. The highest BCUT2D eigenvalue weighted by molar-refractivity contribution is 7.99. The maximum Gasteiger partial charge on any atom is 0.339 e. The zero-order valence-corrected chi connectivity index (χ0v) is 12.8. The number of benzene rings is 1. The molecule has 0 spiro atoms. The highest BCUT2D eigenvalue weighted by Crippen LogP contribution is 2.21. The van der Waals surface area contributed by atoms with Gasteiger partial charge in [0.15, 0.2) is 0 Å². The van der Waals surface area contributed by atoms with E-state index in [9.17, 15) is 18.3 Å². The highest BCUT2D eigenvalue weighted by Gasteiger charge is 2.18. The molecule has 1 atom stereocenters. The van der Waals surface area contributed by atoms with Gasteiger partial charge in [-0.15, -0.1) is 0 Å². The second kappa shape index (κ2) is 6.96. The first-order valence-electron chi connectivity index (χ1n) is 5.86. The Balaban J connectivity index is 2.88. The van der Waals surface area contributed by atoms with Crippen molar-refractivity contribution in [1.29, 1.82) is 0 Å². The number of phenols is 1. The van der Waals surface area contributed by atoms with Gasteiger partial charge in [0.2, 0.25) is 10.0 Å². The number of thioether (sulfide) groups is 1. The third-order valence-corrected chi connectivity index (χ3v) is 5.25. The fraction of sp³-hybridized carbons (Fsp3) is 0.417. The van der Waals surface area contributed by atoms with Gasteiger partial charge in [0.25, 0.3) is 0 Å². The molecular formula is C12H17NO5S2. The minimum Gasteiger partial charge on any atom is -0.507 e. The van der Waals surface area contributed by atoms with Gasteiger partial charge < -0.3 is 10.2 Å². The quantitative estimate of drug-likeness (QED) is 0.704. The van der Waals surface area contributed by atoms with Gasteiger partial charge in [-0.2, -0.15) is 11.8 Å². The molecule has 0 aliphatic rings. The van der Waals surface area contributed by atoms with Gasteiger partial charge in [-0.25, -0.2) is 17.9 Å². The molecule has 0 radical (unpaired) electrons. The van der Waals surface area contributed by atoms with Gasteiger partial charge in [-0.1, -0.05) is 6.92 Å². The number of aromatic carboxylic acids is 1. The lowest BCUT2D eigenvalue weighted by atomic mass is 10.2. The Kier molecular flexibility index (Phi) is 5.85. The van der Waals surface area contributed by atoms with Crippen LogP contribution in [-0.2, 0) is 10.0 Å². The average molecular weight is 319 g/mol. The van der Waals surface area contributed by atoms with Crippen LogP contribution < -0.4 is 4.72 Å². The van der Waals surface area contributed by atoms with E-state index in [1.54, 1.807) is 11.8 Å². The molecule has 6 nitrogen and oxygen atoms in total. The standard InChI is InChI=1S/C12H17NO5S2/c1-8(19-2)5-6-13-20(17,18)9-3-4-11(14)10(7-9)12(15)16/h3-4,7-8,13-14H,5-6H2,1-2H3,(H,15,16). The molecule has 0 aromatic heterocycles. The van der Waals surface area contributed by atoms with Crippen LogP contribution in [0.15, 0.2) is 23.1 Å². The van der Waals surface area contributed by atoms with E-state index in [1.807, 2.05) is 13.2 Å². The van der Waals surface area contributed by atoms with Crippen molar-refractivity contribution in [2.24, 2.45) is 0 Å². The summed E-state index contributed by atoms with van der Waals surface area (Å²) < 4.78 is 26.4. The lowest BCUT2D eigenvalue weighted by molar-refractivity contribution is 0.0693. The minimum atomic E-state index is -3.77. The van der Waals surface area contributed by atoms with Crippen LogP contribution in [0.1, 0.15) is 23.7 Å². The molecule has 0 bridgehead atoms. The van der Waals surface area contributed by atoms with Crippen molar-refractivity contribution < 1.29 is 23.4 Å². The summed E-state index contributed by atoms with van der Waals surface area (Å²) in [6, 6.07) is 3.17. The molecule has 3 N–H and O–H groups in total. The van der Waals surface area contributed by atoms with Crippen LogP contribution >= 0.6 is 11.8 Å². The van der Waals surface area contributed by atoms with Gasteiger partial charge in [0.05, 0.1) is 4.90 Å². The Morgan fingerprint density at radius 1 is 1.45 bits per heavy atom. The summed E-state index contributed by atoms with van der Waals surface area (Å²) in [4.78, 5) is 10.7. The number of carboxylic acid groups (broad SMARTS) is 1. The molecule has 1 unspecified atom stereocenters. The van der Waals surface area contributed by atoms with Gasteiger partial charge >= 0.3 is 5.97 Å². The first kappa shape index (κ1) is 16.8. The first-order valence-corrected chi connectivity index (χ1v) is 8.64. The number of hydrogen-bond donors (Lipinski definition) is 3. The number of aromatic hydroxyl groups is 1. The molecule has 20 heavy (non-hydrogen) atoms. The van der Waals surface area contributed by atoms with Crippen molar-refractivity contribution >= 4 is 27.8 Å². The van der Waals surface area contributed by atoms with Gasteiger partial charge in [0.1, 0.15) is 11.3 Å². The SMILES string of the molecule is CSC(C)CCNS(=O)(=O)c1ccc(O)c(C(=O)O)c1. The second-order valence-electron chi connectivity index (χ2n) is 4.22. The van der Waals surface area contributed by atoms with Crippen molar-refractivity contribution in [3.63, 3.8) is 0 Å². The Labute approximate surface area is 122 Å². The molecule has 0 saturated heterocycles. The van der Waals surface area contributed by atoms with Crippen LogP contribution in [0.2, 0.25) is 0 Å². The molecule has 1 rings (SSSR count). The van der Waals surface area contributed by atoms with Crippen molar-refractivity contribution in [2.45, 2.75) is 23.5 Å². The Morgan fingerprint density at radius 3 is 2.65 bits per heavy atom. The van der Waals surface area contributed by atoms with Gasteiger partial charge in [-0.3, -0.25) is 0 Å². The predicted molar refractivity (Wildman–Crippen MR) is 77.8 cm³/mol. The largest absolute Gasteiger partial charge is 0.507 e. The summed E-state index contributed by atoms with van der Waals surface area (Å²) in [5, 5.41) is 18.5. The van der Waals surface area contributed by atoms with Crippen LogP contribution in [0, 0.1) is 0 Å². The van der Waals surface area contributed by atoms with Gasteiger partial charge in [-0.05, 0) is 30.9 Å². The lowest BCUT2D eigenvalue weighted by Gasteiger charge is -2.10. The molecule has 0 aliphatic heterocycles. The maximum atomic E-state index is 12.0. The number of carboxylic acids is 1. The molecule has 0 aliphatic carbocycles. The van der Waals surface area contributed by atoms with E-state index in [2.05, 4.69) is 4.72 Å². The molecule has 112 valence electrons. The average Bonchev–Trinajstić information content (AvgIpc) is 2.38. The van der Waals surface area contributed by atoms with E-state index in [0.29, 0.717) is 11.7 Å². The van der Waals surface area contributed by atoms with E-state index in [-0.39, 0.29) is 11.4 Å². The summed E-state index contributed by atoms with van der Waals surface area (Å²) in [6.45, 7) is 2.26. The van der Waals surface area contributed by atoms with Crippen molar-refractivity contribution in [3.05, 3.63) is 23.8 Å². The molecular weight excluding hydrogens is 302 g/mol. The molecule has 8 heteroatoms. The summed E-state index contributed by atoms with van der Waals surface area (Å²) in [5.41, 5.74) is -0.439. The fourth-order valence-corrected chi connectivity index (χ4v) is 2.88. The Morgan fingerprint density at radius 2 is 2.10 bits per heavy atom. The van der Waals surface area contributed by atoms with E-state index >= 15 is 0 Å². The Hall–Kier alpha value is -1.25. The molecule has 0 amide bonds. The maximum absolute atomic E-state index is 12.0. The molecule has 1 aromatic rings. The Bertz CT molecular complexity index is 586. The van der Waals surface area contributed by atoms with E-state index < -0.39 is 27.3 Å². The normalized spacial score (nSPS) is 13.1. The van der Waals surface area contributed by atoms with E-state index in [4.69, 9.17) is 5.11 Å². The van der Waals surface area contributed by atoms with Gasteiger partial charge in [0, 0.05) is 11.8 Å². The fourth-order valence-electron chi connectivity index (χ4n) is 1.45. The van der Waals surface area contributed by atoms with Crippen molar-refractivity contribution in [3.8, 4) is 5.75 Å². The van der Waals surface area contributed by atoms with Crippen molar-refractivity contribution in [2.75, 3.05) is 12.8 Å². The van der Waals surface area contributed by atoms with Crippen LogP contribution in [-0.4, -0.2) is 42.7 Å². The first-order chi connectivity index (χ1) is 9.27. The van der Waals surface area contributed by atoms with Crippen LogP contribution in [0.3, 0.4) is 0 Å². The number of carbonyl (C=O) groups is 1. The monoisotopic (exact) mass is 319 g/mol. The van der Waals surface area contributed by atoms with Crippen molar-refractivity contribution in [1.82, 2.24) is 4.72 Å². The highest BCUT2D eigenvalue weighted by atomic mass is 32.2. The van der Waals surface area contributed by atoms with E-state index in [1.165, 1.54) is 6.07 Å². The zero-order chi connectivity index (χ0) is 15.3.